The topological polar surface area (TPSA) is 88.5 Å². The third-order valence-corrected chi connectivity index (χ3v) is 5.77. The molecule has 7 heteroatoms. The van der Waals surface area contributed by atoms with Crippen molar-refractivity contribution in [1.82, 2.24) is 10.3 Å². The first-order valence-corrected chi connectivity index (χ1v) is 8.74. The number of nitrogens with zero attached hydrogens (tertiary/aromatic N) is 1. The Morgan fingerprint density at radius 3 is 2.65 bits per heavy atom. The van der Waals surface area contributed by atoms with Crippen molar-refractivity contribution in [3.8, 4) is 0 Å². The number of carboxylic acids is 1. The van der Waals surface area contributed by atoms with E-state index in [0.29, 0.717) is 12.3 Å². The van der Waals surface area contributed by atoms with Crippen LogP contribution < -0.4 is 5.32 Å². The zero-order valence-electron chi connectivity index (χ0n) is 14.0. The first-order valence-electron chi connectivity index (χ1n) is 7.86. The highest BCUT2D eigenvalue weighted by atomic mass is 32.1. The van der Waals surface area contributed by atoms with Gasteiger partial charge in [-0.05, 0) is 13.3 Å². The monoisotopic (exact) mass is 340 g/mol. The summed E-state index contributed by atoms with van der Waals surface area (Å²) in [6.07, 6.45) is 1.04. The van der Waals surface area contributed by atoms with Gasteiger partial charge in [0.1, 0.15) is 5.54 Å². The van der Waals surface area contributed by atoms with E-state index in [-0.39, 0.29) is 24.9 Å². The second-order valence-electron chi connectivity index (χ2n) is 6.39. The molecule has 0 radical (unpaired) electrons. The van der Waals surface area contributed by atoms with Crippen molar-refractivity contribution >= 4 is 23.2 Å². The van der Waals surface area contributed by atoms with Crippen molar-refractivity contribution in [1.29, 1.82) is 0 Å². The molecule has 0 aromatic carbocycles. The first-order chi connectivity index (χ1) is 10.8. The number of rotatable bonds is 7. The Bertz CT molecular complexity index is 599. The van der Waals surface area contributed by atoms with Gasteiger partial charge in [-0.1, -0.05) is 20.8 Å². The summed E-state index contributed by atoms with van der Waals surface area (Å²) in [5.41, 5.74) is -1.27. The molecule has 1 aliphatic rings. The quantitative estimate of drug-likeness (QED) is 0.793. The van der Waals surface area contributed by atoms with Crippen molar-refractivity contribution in [3.63, 3.8) is 0 Å². The van der Waals surface area contributed by atoms with Gasteiger partial charge in [-0.25, -0.2) is 9.78 Å². The van der Waals surface area contributed by atoms with Crippen LogP contribution in [0, 0.1) is 5.41 Å². The summed E-state index contributed by atoms with van der Waals surface area (Å²) in [5, 5.41) is 15.2. The average molecular weight is 340 g/mol. The number of nitrogens with one attached hydrogen (secondary N) is 1. The van der Waals surface area contributed by atoms with Gasteiger partial charge in [0, 0.05) is 23.8 Å². The van der Waals surface area contributed by atoms with Gasteiger partial charge in [0.25, 0.3) is 0 Å². The molecule has 1 aromatic rings. The third kappa shape index (κ3) is 3.12. The molecule has 2 unspecified atom stereocenters. The van der Waals surface area contributed by atoms with Crippen LogP contribution in [0.25, 0.3) is 0 Å². The van der Waals surface area contributed by atoms with Crippen LogP contribution in [0.2, 0.25) is 0 Å². The fraction of sp³-hybridized carbons (Fsp3) is 0.688. The van der Waals surface area contributed by atoms with Crippen LogP contribution >= 0.6 is 11.3 Å². The van der Waals surface area contributed by atoms with E-state index in [1.54, 1.807) is 0 Å². The minimum absolute atomic E-state index is 0.0981. The molecule has 128 valence electrons. The third-order valence-electron chi connectivity index (χ3n) is 4.73. The van der Waals surface area contributed by atoms with Gasteiger partial charge in [0.05, 0.1) is 23.2 Å². The van der Waals surface area contributed by atoms with Gasteiger partial charge in [-0.15, -0.1) is 11.3 Å². The summed E-state index contributed by atoms with van der Waals surface area (Å²) in [5.74, 6) is -1.33. The number of carboxylic acid groups (broad SMARTS) is 1. The molecule has 0 bridgehead atoms. The molecule has 2 N–H and O–H groups in total. The summed E-state index contributed by atoms with van der Waals surface area (Å²) < 4.78 is 5.59. The van der Waals surface area contributed by atoms with Crippen molar-refractivity contribution in [3.05, 3.63) is 16.1 Å². The zero-order chi connectivity index (χ0) is 17.3. The number of amides is 1. The van der Waals surface area contributed by atoms with Crippen molar-refractivity contribution in [2.75, 3.05) is 6.61 Å². The van der Waals surface area contributed by atoms with Gasteiger partial charge in [0.15, 0.2) is 0 Å². The van der Waals surface area contributed by atoms with Crippen LogP contribution in [0.4, 0.5) is 0 Å². The fourth-order valence-corrected chi connectivity index (χ4v) is 3.82. The van der Waals surface area contributed by atoms with E-state index in [0.717, 1.165) is 11.4 Å². The van der Waals surface area contributed by atoms with Crippen LogP contribution in [0.5, 0.6) is 0 Å². The zero-order valence-corrected chi connectivity index (χ0v) is 14.8. The normalized spacial score (nSPS) is 25.7. The lowest BCUT2D eigenvalue weighted by molar-refractivity contribution is -0.194. The summed E-state index contributed by atoms with van der Waals surface area (Å²) in [6, 6.07) is 0. The van der Waals surface area contributed by atoms with Gasteiger partial charge in [-0.3, -0.25) is 4.79 Å². The Labute approximate surface area is 140 Å². The predicted octanol–water partition coefficient (Wildman–Crippen LogP) is 2.02. The van der Waals surface area contributed by atoms with Crippen LogP contribution in [0.1, 0.15) is 44.8 Å². The van der Waals surface area contributed by atoms with E-state index < -0.39 is 16.9 Å². The molecule has 2 rings (SSSR count). The molecule has 1 aromatic heterocycles. The highest BCUT2D eigenvalue weighted by Gasteiger charge is 2.66. The fourth-order valence-electron chi connectivity index (χ4n) is 3.08. The Balaban J connectivity index is 2.08. The Hall–Kier alpha value is -1.47. The van der Waals surface area contributed by atoms with Gasteiger partial charge >= 0.3 is 5.97 Å². The summed E-state index contributed by atoms with van der Waals surface area (Å²) in [6.45, 7) is 8.05. The predicted molar refractivity (Wildman–Crippen MR) is 87.5 cm³/mol. The average Bonchev–Trinajstić information content (AvgIpc) is 2.93. The number of aryl methyl sites for hydroxylation is 1. The molecule has 2 atom stereocenters. The molecular weight excluding hydrogens is 316 g/mol. The molecule has 1 aliphatic carbocycles. The summed E-state index contributed by atoms with van der Waals surface area (Å²) in [4.78, 5) is 28.5. The number of ether oxygens (including phenoxy) is 1. The minimum atomic E-state index is -1.28. The van der Waals surface area contributed by atoms with Crippen molar-refractivity contribution in [2.24, 2.45) is 5.41 Å². The number of hydrogen-bond acceptors (Lipinski definition) is 5. The Morgan fingerprint density at radius 1 is 1.48 bits per heavy atom. The van der Waals surface area contributed by atoms with Crippen LogP contribution in [-0.2, 0) is 27.2 Å². The lowest BCUT2D eigenvalue weighted by Gasteiger charge is -2.58. The molecule has 0 saturated heterocycles. The van der Waals surface area contributed by atoms with Gasteiger partial charge in [-0.2, -0.15) is 0 Å². The second kappa shape index (κ2) is 6.57. The maximum atomic E-state index is 12.3. The molecular formula is C16H24N2O4S. The number of carbonyl (C=O) groups is 2. The van der Waals surface area contributed by atoms with E-state index >= 15 is 0 Å². The largest absolute Gasteiger partial charge is 0.479 e. The number of thiazole rings is 1. The van der Waals surface area contributed by atoms with Crippen LogP contribution in [0.3, 0.4) is 0 Å². The van der Waals surface area contributed by atoms with Crippen molar-refractivity contribution in [2.45, 2.75) is 58.6 Å². The molecule has 0 aliphatic heterocycles. The number of aliphatic carboxylic acids is 1. The van der Waals surface area contributed by atoms with Crippen LogP contribution in [0.15, 0.2) is 5.38 Å². The maximum absolute atomic E-state index is 12.3. The molecule has 23 heavy (non-hydrogen) atoms. The van der Waals surface area contributed by atoms with E-state index in [4.69, 9.17) is 4.74 Å². The first kappa shape index (κ1) is 17.9. The van der Waals surface area contributed by atoms with E-state index in [2.05, 4.69) is 10.3 Å². The highest BCUT2D eigenvalue weighted by Crippen LogP contribution is 2.51. The SMILES string of the molecule is CCOC1CC(NC(=O)Cc2csc(CC)n2)(C(=O)O)C1(C)C. The molecule has 6 nitrogen and oxygen atoms in total. The molecule has 1 heterocycles. The standard InChI is InChI=1S/C16H24N2O4S/c1-5-13-17-10(9-23-13)7-12(19)18-16(14(20)21)8-11(22-6-2)15(16,3)4/h9,11H,5-8H2,1-4H3,(H,18,19)(H,20,21). The summed E-state index contributed by atoms with van der Waals surface area (Å²) in [7, 11) is 0. The maximum Gasteiger partial charge on any atom is 0.330 e. The molecule has 1 saturated carbocycles. The second-order valence-corrected chi connectivity index (χ2v) is 7.33. The van der Waals surface area contributed by atoms with E-state index in [1.165, 1.54) is 11.3 Å². The minimum Gasteiger partial charge on any atom is -0.479 e. The number of aromatic nitrogens is 1. The van der Waals surface area contributed by atoms with Gasteiger partial charge in [0.2, 0.25) is 5.91 Å². The lowest BCUT2D eigenvalue weighted by Crippen LogP contribution is -2.76. The molecule has 1 amide bonds. The molecule has 1 fully saturated rings. The van der Waals surface area contributed by atoms with E-state index in [1.807, 2.05) is 33.1 Å². The highest BCUT2D eigenvalue weighted by molar-refractivity contribution is 7.09. The lowest BCUT2D eigenvalue weighted by atomic mass is 9.54. The smallest absolute Gasteiger partial charge is 0.330 e. The number of carbonyl (C=O) groups excluding carboxylic acids is 1. The molecule has 0 spiro atoms. The summed E-state index contributed by atoms with van der Waals surface area (Å²) >= 11 is 1.51. The van der Waals surface area contributed by atoms with Crippen molar-refractivity contribution < 1.29 is 19.4 Å². The van der Waals surface area contributed by atoms with E-state index in [9.17, 15) is 14.7 Å². The van der Waals surface area contributed by atoms with Crippen LogP contribution in [-0.4, -0.2) is 40.2 Å². The van der Waals surface area contributed by atoms with Gasteiger partial charge < -0.3 is 15.2 Å². The Kier molecular flexibility index (Phi) is 5.10. The number of hydrogen-bond donors (Lipinski definition) is 2. The Morgan fingerprint density at radius 2 is 2.17 bits per heavy atom.